The number of nitro groups is 1. The highest BCUT2D eigenvalue weighted by molar-refractivity contribution is 7.14. The van der Waals surface area contributed by atoms with Crippen molar-refractivity contribution in [3.05, 3.63) is 69.8 Å². The molecule has 0 saturated heterocycles. The number of aromatic amines is 1. The minimum Gasteiger partial charge on any atom is -0.345 e. The van der Waals surface area contributed by atoms with E-state index in [9.17, 15) is 14.9 Å². The van der Waals surface area contributed by atoms with E-state index in [1.807, 2.05) is 0 Å². The zero-order valence-corrected chi connectivity index (χ0v) is 14.5. The van der Waals surface area contributed by atoms with E-state index in [0.29, 0.717) is 16.4 Å². The van der Waals surface area contributed by atoms with Gasteiger partial charge in [0.25, 0.3) is 11.6 Å². The van der Waals surface area contributed by atoms with Gasteiger partial charge < -0.3 is 4.98 Å². The maximum Gasteiger partial charge on any atom is 0.269 e. The number of fused-ring (bicyclic) bond motifs is 1. The van der Waals surface area contributed by atoms with Crippen LogP contribution in [0.3, 0.4) is 0 Å². The summed E-state index contributed by atoms with van der Waals surface area (Å²) in [6.07, 6.45) is 1.57. The van der Waals surface area contributed by atoms with E-state index in [4.69, 9.17) is 0 Å². The number of rotatable bonds is 5. The van der Waals surface area contributed by atoms with Crippen LogP contribution in [0.4, 0.5) is 10.8 Å². The number of H-pyrrole nitrogens is 1. The topological polar surface area (TPSA) is 126 Å². The van der Waals surface area contributed by atoms with Gasteiger partial charge in [-0.05, 0) is 30.3 Å². The molecule has 0 radical (unpaired) electrons. The molecule has 2 aromatic heterocycles. The zero-order valence-electron chi connectivity index (χ0n) is 13.7. The third-order valence-corrected chi connectivity index (χ3v) is 4.60. The normalized spacial score (nSPS) is 10.7. The number of anilines is 1. The van der Waals surface area contributed by atoms with Crippen LogP contribution in [0.25, 0.3) is 22.3 Å². The molecule has 0 spiro atoms. The molecule has 0 aliphatic rings. The third kappa shape index (κ3) is 3.46. The Hall–Kier alpha value is -3.79. The smallest absolute Gasteiger partial charge is 0.269 e. The highest BCUT2D eigenvalue weighted by Crippen LogP contribution is 2.26. The number of nitro benzene ring substituents is 1. The lowest BCUT2D eigenvalue weighted by Gasteiger charge is -2.05. The Morgan fingerprint density at radius 3 is 2.78 bits per heavy atom. The van der Waals surface area contributed by atoms with Crippen LogP contribution < -0.4 is 10.9 Å². The maximum absolute atomic E-state index is 12.3. The Labute approximate surface area is 156 Å². The Morgan fingerprint density at radius 1 is 1.19 bits per heavy atom. The molecule has 4 aromatic rings. The quantitative estimate of drug-likeness (QED) is 0.360. The van der Waals surface area contributed by atoms with Gasteiger partial charge in [-0.1, -0.05) is 0 Å². The molecule has 3 N–H and O–H groups in total. The molecule has 0 bridgehead atoms. The molecule has 2 aromatic carbocycles. The molecule has 10 heteroatoms. The Bertz CT molecular complexity index is 1140. The Balaban J connectivity index is 1.43. The number of benzene rings is 2. The fraction of sp³-hybridized carbons (Fsp3) is 0. The molecular weight excluding hydrogens is 368 g/mol. The van der Waals surface area contributed by atoms with Crippen molar-refractivity contribution in [1.82, 2.24) is 20.4 Å². The van der Waals surface area contributed by atoms with Crippen LogP contribution in [0, 0.1) is 10.1 Å². The standard InChI is InChI=1S/C17H12N6O3S/c24-16(11-3-6-13-14(7-11)19-9-18-13)21-22-17-20-15(8-27-17)10-1-4-12(5-2-10)23(25)26/h1-9H,(H,18,19)(H,20,22)(H,21,24). The molecule has 134 valence electrons. The molecule has 9 nitrogen and oxygen atoms in total. The summed E-state index contributed by atoms with van der Waals surface area (Å²) in [6, 6.07) is 11.3. The van der Waals surface area contributed by atoms with Gasteiger partial charge >= 0.3 is 0 Å². The van der Waals surface area contributed by atoms with Crippen LogP contribution in [0.1, 0.15) is 10.4 Å². The fourth-order valence-corrected chi connectivity index (χ4v) is 3.15. The van der Waals surface area contributed by atoms with Gasteiger partial charge in [0.1, 0.15) is 0 Å². The van der Waals surface area contributed by atoms with Crippen molar-refractivity contribution in [1.29, 1.82) is 0 Å². The number of non-ortho nitro benzene ring substituents is 1. The summed E-state index contributed by atoms with van der Waals surface area (Å²) in [5.41, 5.74) is 8.84. The number of hydrazine groups is 1. The van der Waals surface area contributed by atoms with Gasteiger partial charge in [0, 0.05) is 28.6 Å². The molecule has 1 amide bonds. The SMILES string of the molecule is O=C(NNc1nc(-c2ccc([N+](=O)[O-])cc2)cs1)c1ccc2nc[nH]c2c1. The number of nitrogens with one attached hydrogen (secondary N) is 3. The van der Waals surface area contributed by atoms with Gasteiger partial charge in [-0.25, -0.2) is 9.97 Å². The number of carbonyl (C=O) groups excluding carboxylic acids is 1. The number of amides is 1. The van der Waals surface area contributed by atoms with Crippen LogP contribution in [0.2, 0.25) is 0 Å². The molecule has 27 heavy (non-hydrogen) atoms. The highest BCUT2D eigenvalue weighted by Gasteiger charge is 2.10. The fourth-order valence-electron chi connectivity index (χ4n) is 2.48. The second kappa shape index (κ2) is 6.84. The van der Waals surface area contributed by atoms with Crippen molar-refractivity contribution in [3.63, 3.8) is 0 Å². The predicted molar refractivity (Wildman–Crippen MR) is 101 cm³/mol. The number of carbonyl (C=O) groups is 1. The minimum absolute atomic E-state index is 0.0221. The van der Waals surface area contributed by atoms with Crippen molar-refractivity contribution >= 4 is 39.1 Å². The molecular formula is C17H12N6O3S. The van der Waals surface area contributed by atoms with Crippen molar-refractivity contribution in [2.75, 3.05) is 5.43 Å². The van der Waals surface area contributed by atoms with Gasteiger partial charge in [-0.3, -0.25) is 25.8 Å². The van der Waals surface area contributed by atoms with Crippen LogP contribution in [-0.4, -0.2) is 25.8 Å². The average Bonchev–Trinajstić information content (AvgIpc) is 3.35. The molecule has 0 aliphatic heterocycles. The lowest BCUT2D eigenvalue weighted by Crippen LogP contribution is -2.29. The first-order valence-electron chi connectivity index (χ1n) is 7.80. The van der Waals surface area contributed by atoms with E-state index < -0.39 is 4.92 Å². The van der Waals surface area contributed by atoms with Gasteiger partial charge in [-0.2, -0.15) is 0 Å². The van der Waals surface area contributed by atoms with Gasteiger partial charge in [0.05, 0.1) is 28.0 Å². The lowest BCUT2D eigenvalue weighted by atomic mass is 10.1. The first-order valence-corrected chi connectivity index (χ1v) is 8.68. The summed E-state index contributed by atoms with van der Waals surface area (Å²) >= 11 is 1.31. The largest absolute Gasteiger partial charge is 0.345 e. The minimum atomic E-state index is -0.450. The second-order valence-corrected chi connectivity index (χ2v) is 6.41. The van der Waals surface area contributed by atoms with Crippen molar-refractivity contribution in [2.45, 2.75) is 0 Å². The summed E-state index contributed by atoms with van der Waals surface area (Å²) in [6.45, 7) is 0. The van der Waals surface area contributed by atoms with Crippen LogP contribution in [-0.2, 0) is 0 Å². The number of aromatic nitrogens is 3. The zero-order chi connectivity index (χ0) is 18.8. The number of hydrogen-bond donors (Lipinski definition) is 3. The molecule has 2 heterocycles. The summed E-state index contributed by atoms with van der Waals surface area (Å²) < 4.78 is 0. The van der Waals surface area contributed by atoms with Crippen molar-refractivity contribution in [2.24, 2.45) is 0 Å². The van der Waals surface area contributed by atoms with E-state index in [-0.39, 0.29) is 11.6 Å². The molecule has 0 aliphatic carbocycles. The molecule has 0 unspecified atom stereocenters. The molecule has 0 saturated carbocycles. The first-order chi connectivity index (χ1) is 13.1. The van der Waals surface area contributed by atoms with E-state index in [1.165, 1.54) is 23.5 Å². The monoisotopic (exact) mass is 380 g/mol. The van der Waals surface area contributed by atoms with Gasteiger partial charge in [-0.15, -0.1) is 11.3 Å². The lowest BCUT2D eigenvalue weighted by molar-refractivity contribution is -0.384. The Morgan fingerprint density at radius 2 is 2.00 bits per heavy atom. The van der Waals surface area contributed by atoms with Crippen LogP contribution >= 0.6 is 11.3 Å². The van der Waals surface area contributed by atoms with Gasteiger partial charge in [0.15, 0.2) is 0 Å². The molecule has 0 fully saturated rings. The first kappa shape index (κ1) is 16.7. The number of hydrogen-bond acceptors (Lipinski definition) is 7. The van der Waals surface area contributed by atoms with E-state index in [1.54, 1.807) is 42.0 Å². The van der Waals surface area contributed by atoms with Gasteiger partial charge in [0.2, 0.25) is 5.13 Å². The van der Waals surface area contributed by atoms with E-state index >= 15 is 0 Å². The predicted octanol–water partition coefficient (Wildman–Crippen LogP) is 3.35. The number of nitrogens with zero attached hydrogens (tertiary/aromatic N) is 3. The summed E-state index contributed by atoms with van der Waals surface area (Å²) in [7, 11) is 0. The number of thiazole rings is 1. The number of imidazole rings is 1. The maximum atomic E-state index is 12.3. The van der Waals surface area contributed by atoms with E-state index in [0.717, 1.165) is 16.6 Å². The average molecular weight is 380 g/mol. The highest BCUT2D eigenvalue weighted by atomic mass is 32.1. The third-order valence-electron chi connectivity index (χ3n) is 3.84. The van der Waals surface area contributed by atoms with Crippen LogP contribution in [0.5, 0.6) is 0 Å². The van der Waals surface area contributed by atoms with Crippen LogP contribution in [0.15, 0.2) is 54.2 Å². The summed E-state index contributed by atoms with van der Waals surface area (Å²) in [5, 5.41) is 13.0. The summed E-state index contributed by atoms with van der Waals surface area (Å²) in [4.78, 5) is 34.0. The van der Waals surface area contributed by atoms with Crippen molar-refractivity contribution in [3.8, 4) is 11.3 Å². The summed E-state index contributed by atoms with van der Waals surface area (Å²) in [5.74, 6) is -0.307. The van der Waals surface area contributed by atoms with E-state index in [2.05, 4.69) is 25.8 Å². The molecule has 4 rings (SSSR count). The Kier molecular flexibility index (Phi) is 4.22. The molecule has 0 atom stereocenters. The van der Waals surface area contributed by atoms with Crippen molar-refractivity contribution < 1.29 is 9.72 Å². The second-order valence-electron chi connectivity index (χ2n) is 5.56.